The highest BCUT2D eigenvalue weighted by molar-refractivity contribution is 6.02. The number of rotatable bonds is 12. The molecule has 0 unspecified atom stereocenters. The molecule has 3 atom stereocenters. The second-order valence-electron chi connectivity index (χ2n) is 16.7. The number of benzene rings is 2. The fraction of sp³-hybridized carbons (Fsp3) is 0.435. The molecule has 3 fully saturated rings. The van der Waals surface area contributed by atoms with Crippen molar-refractivity contribution in [3.05, 3.63) is 83.5 Å². The van der Waals surface area contributed by atoms with Crippen molar-refractivity contribution >= 4 is 45.7 Å². The Kier molecular flexibility index (Phi) is 11.2. The summed E-state index contributed by atoms with van der Waals surface area (Å²) in [5.74, 6) is 3.30. The summed E-state index contributed by atoms with van der Waals surface area (Å²) in [5, 5.41) is 18.6. The number of terminal acetylenes is 1. The lowest BCUT2D eigenvalue weighted by atomic mass is 9.85. The van der Waals surface area contributed by atoms with Crippen molar-refractivity contribution in [2.45, 2.75) is 76.5 Å². The van der Waals surface area contributed by atoms with Gasteiger partial charge in [0.25, 0.3) is 0 Å². The molecule has 3 N–H and O–H groups in total. The van der Waals surface area contributed by atoms with Gasteiger partial charge < -0.3 is 35.0 Å². The number of phenolic OH excluding ortho intramolecular Hbond substituents is 1. The quantitative estimate of drug-likeness (QED) is 0.0999. The Labute approximate surface area is 343 Å². The number of allylic oxidation sites excluding steroid dienone is 1. The summed E-state index contributed by atoms with van der Waals surface area (Å²) >= 11 is 0. The van der Waals surface area contributed by atoms with E-state index in [1.54, 1.807) is 24.4 Å². The summed E-state index contributed by atoms with van der Waals surface area (Å²) in [4.78, 5) is 31.1. The monoisotopic (exact) mass is 803 g/mol. The number of alkyl halides is 1. The Morgan fingerprint density at radius 1 is 1.19 bits per heavy atom. The Morgan fingerprint density at radius 3 is 2.76 bits per heavy atom. The van der Waals surface area contributed by atoms with Crippen LogP contribution in [0.4, 0.5) is 26.1 Å². The zero-order valence-corrected chi connectivity index (χ0v) is 33.7. The number of hydrogen-bond acceptors (Lipinski definition) is 10. The standard InChI is InChI=1S/C46H51F2N7O4/c1-5-35-38(48)13-10-31-19-34(56)21-37(42(31)35)30-9-12-36-39(20-30)52-44(53-43(36)51-27-46(15-7-8-16-46)26-50-41(57)6-2)59-28-45(4)22-32(47)24-55(45)33-11-14-40(49-23-33)54-17-18-58-25-29(54)3/h1,6,10-11,13-14,19-21,23,29,32,56H,2,7-9,12,15-18,22,24-28H2,3-4H3,(H,50,57)(H,51,52,53)/t29-,32-,45+/m1/s1. The average molecular weight is 804 g/mol. The number of amides is 1. The first-order valence-corrected chi connectivity index (χ1v) is 20.5. The predicted molar refractivity (Wildman–Crippen MR) is 227 cm³/mol. The number of nitrogens with one attached hydrogen (secondary N) is 2. The molecule has 0 bridgehead atoms. The molecule has 1 saturated carbocycles. The third-order valence-electron chi connectivity index (χ3n) is 12.5. The van der Waals surface area contributed by atoms with Gasteiger partial charge in [0.2, 0.25) is 5.91 Å². The van der Waals surface area contributed by atoms with E-state index in [4.69, 9.17) is 30.8 Å². The van der Waals surface area contributed by atoms with Crippen LogP contribution in [0.15, 0.2) is 55.3 Å². The molecule has 0 radical (unpaired) electrons. The normalized spacial score (nSPS) is 22.4. The zero-order valence-electron chi connectivity index (χ0n) is 33.7. The van der Waals surface area contributed by atoms with E-state index in [1.165, 1.54) is 12.1 Å². The Hall–Kier alpha value is -5.74. The molecule has 0 spiro atoms. The SMILES string of the molecule is C#Cc1c(F)ccc2cc(O)cc(C3=Cc4nc(OC[C@]5(C)C[C@@H](F)CN5c5ccc(N6CCOC[C@H]6C)nc5)nc(NCC5(CNC(=O)C=C)CCCC5)c4CC3)c12. The number of carbonyl (C=O) groups excluding carboxylic acids is 1. The second-order valence-corrected chi connectivity index (χ2v) is 16.7. The molecule has 1 amide bonds. The second kappa shape index (κ2) is 16.5. The maximum absolute atomic E-state index is 15.4. The van der Waals surface area contributed by atoms with Gasteiger partial charge in [0.05, 0.1) is 54.5 Å². The molecule has 4 aliphatic rings. The fourth-order valence-electron chi connectivity index (χ4n) is 9.36. The number of phenols is 1. The third-order valence-corrected chi connectivity index (χ3v) is 12.5. The number of carbonyl (C=O) groups is 1. The fourth-order valence-corrected chi connectivity index (χ4v) is 9.36. The van der Waals surface area contributed by atoms with Crippen molar-refractivity contribution in [2.75, 3.05) is 61.1 Å². The summed E-state index contributed by atoms with van der Waals surface area (Å²) in [5.41, 5.74) is 2.96. The molecule has 13 heteroatoms. The number of fused-ring (bicyclic) bond motifs is 2. The number of anilines is 3. The predicted octanol–water partition coefficient (Wildman–Crippen LogP) is 7.22. The molecular formula is C46H51F2N7O4. The lowest BCUT2D eigenvalue weighted by molar-refractivity contribution is -0.116. The number of hydrogen-bond donors (Lipinski definition) is 3. The molecule has 2 aromatic heterocycles. The van der Waals surface area contributed by atoms with Gasteiger partial charge >= 0.3 is 6.01 Å². The van der Waals surface area contributed by atoms with Crippen molar-refractivity contribution in [2.24, 2.45) is 5.41 Å². The highest BCUT2D eigenvalue weighted by Crippen LogP contribution is 2.42. The number of aromatic nitrogens is 3. The first-order chi connectivity index (χ1) is 28.5. The van der Waals surface area contributed by atoms with Crippen LogP contribution in [-0.2, 0) is 16.0 Å². The van der Waals surface area contributed by atoms with Crippen LogP contribution in [-0.4, -0.2) is 89.7 Å². The number of morpholine rings is 1. The van der Waals surface area contributed by atoms with Crippen molar-refractivity contribution < 1.29 is 28.2 Å². The van der Waals surface area contributed by atoms with Gasteiger partial charge in [0.15, 0.2) is 0 Å². The van der Waals surface area contributed by atoms with Crippen LogP contribution in [0.25, 0.3) is 22.4 Å². The van der Waals surface area contributed by atoms with Gasteiger partial charge in [-0.05, 0) is 98.5 Å². The van der Waals surface area contributed by atoms with E-state index in [1.807, 2.05) is 30.0 Å². The van der Waals surface area contributed by atoms with E-state index in [9.17, 15) is 9.90 Å². The van der Waals surface area contributed by atoms with Crippen molar-refractivity contribution in [1.82, 2.24) is 20.3 Å². The van der Waals surface area contributed by atoms with E-state index >= 15 is 8.78 Å². The van der Waals surface area contributed by atoms with Crippen molar-refractivity contribution in [3.63, 3.8) is 0 Å². The number of aromatic hydroxyl groups is 1. The highest BCUT2D eigenvalue weighted by Gasteiger charge is 2.44. The van der Waals surface area contributed by atoms with Crippen LogP contribution in [0.2, 0.25) is 0 Å². The maximum Gasteiger partial charge on any atom is 0.319 e. The summed E-state index contributed by atoms with van der Waals surface area (Å²) < 4.78 is 42.5. The van der Waals surface area contributed by atoms with Gasteiger partial charge in [-0.1, -0.05) is 31.4 Å². The molecule has 11 nitrogen and oxygen atoms in total. The molecule has 8 rings (SSSR count). The minimum Gasteiger partial charge on any atom is -0.508 e. The topological polar surface area (TPSA) is 125 Å². The van der Waals surface area contributed by atoms with E-state index in [0.29, 0.717) is 67.0 Å². The summed E-state index contributed by atoms with van der Waals surface area (Å²) in [6, 6.07) is 10.4. The summed E-state index contributed by atoms with van der Waals surface area (Å²) in [7, 11) is 0. The van der Waals surface area contributed by atoms with Gasteiger partial charge in [0.1, 0.15) is 36.0 Å². The maximum atomic E-state index is 15.4. The van der Waals surface area contributed by atoms with Crippen LogP contribution < -0.4 is 25.2 Å². The average Bonchev–Trinajstić information content (AvgIpc) is 3.84. The minimum absolute atomic E-state index is 0.0364. The number of pyridine rings is 1. The van der Waals surface area contributed by atoms with E-state index in [-0.39, 0.29) is 54.3 Å². The summed E-state index contributed by atoms with van der Waals surface area (Å²) in [6.45, 7) is 11.1. The van der Waals surface area contributed by atoms with Gasteiger partial charge in [-0.3, -0.25) is 4.79 Å². The van der Waals surface area contributed by atoms with Crippen LogP contribution in [0, 0.1) is 23.6 Å². The molecule has 2 aliphatic heterocycles. The molecule has 4 heterocycles. The van der Waals surface area contributed by atoms with E-state index in [2.05, 4.69) is 35.0 Å². The number of ether oxygens (including phenoxy) is 2. The zero-order chi connectivity index (χ0) is 41.3. The van der Waals surface area contributed by atoms with E-state index in [0.717, 1.165) is 54.9 Å². The van der Waals surface area contributed by atoms with Crippen LogP contribution in [0.1, 0.15) is 74.8 Å². The largest absolute Gasteiger partial charge is 0.508 e. The van der Waals surface area contributed by atoms with Crippen LogP contribution in [0.3, 0.4) is 0 Å². The Morgan fingerprint density at radius 2 is 2.02 bits per heavy atom. The third kappa shape index (κ3) is 8.15. The lowest BCUT2D eigenvalue weighted by Gasteiger charge is -2.37. The van der Waals surface area contributed by atoms with Gasteiger partial charge in [-0.2, -0.15) is 9.97 Å². The lowest BCUT2D eigenvalue weighted by Crippen LogP contribution is -2.46. The van der Waals surface area contributed by atoms with Crippen molar-refractivity contribution in [3.8, 4) is 24.1 Å². The molecule has 2 saturated heterocycles. The summed E-state index contributed by atoms with van der Waals surface area (Å²) in [6.07, 6.45) is 15.1. The Bertz CT molecular complexity index is 2320. The molecule has 2 aliphatic carbocycles. The highest BCUT2D eigenvalue weighted by atomic mass is 19.1. The number of nitrogens with zero attached hydrogens (tertiary/aromatic N) is 5. The van der Waals surface area contributed by atoms with Gasteiger partial charge in [0, 0.05) is 42.4 Å². The minimum atomic E-state index is -1.08. The molecule has 4 aromatic rings. The Balaban J connectivity index is 1.12. The van der Waals surface area contributed by atoms with E-state index < -0.39 is 17.5 Å². The van der Waals surface area contributed by atoms with Gasteiger partial charge in [-0.25, -0.2) is 13.8 Å². The molecule has 2 aromatic carbocycles. The van der Waals surface area contributed by atoms with Gasteiger partial charge in [-0.15, -0.1) is 6.42 Å². The molecular weight excluding hydrogens is 753 g/mol. The number of halogens is 2. The van der Waals surface area contributed by atoms with Crippen LogP contribution in [0.5, 0.6) is 11.8 Å². The smallest absolute Gasteiger partial charge is 0.319 e. The first kappa shape index (κ1) is 40.1. The van der Waals surface area contributed by atoms with Crippen LogP contribution >= 0.6 is 0 Å². The first-order valence-electron chi connectivity index (χ1n) is 20.5. The molecule has 59 heavy (non-hydrogen) atoms. The van der Waals surface area contributed by atoms with Crippen molar-refractivity contribution in [1.29, 1.82) is 0 Å². The molecule has 308 valence electrons.